The lowest BCUT2D eigenvalue weighted by molar-refractivity contribution is -0.140. The molecule has 0 saturated carbocycles. The van der Waals surface area contributed by atoms with Gasteiger partial charge in [0.2, 0.25) is 0 Å². The molecule has 0 N–H and O–H groups in total. The molecule has 1 aromatic heterocycles. The summed E-state index contributed by atoms with van der Waals surface area (Å²) < 4.78 is 63.0. The zero-order valence-corrected chi connectivity index (χ0v) is 8.65. The van der Waals surface area contributed by atoms with Crippen molar-refractivity contribution in [1.82, 2.24) is 4.98 Å². The van der Waals surface area contributed by atoms with Crippen LogP contribution in [0.4, 0.5) is 22.0 Å². The van der Waals surface area contributed by atoms with E-state index in [0.717, 1.165) is 6.20 Å². The van der Waals surface area contributed by atoms with Crippen LogP contribution in [0.5, 0.6) is 0 Å². The van der Waals surface area contributed by atoms with Crippen LogP contribution in [0.1, 0.15) is 28.8 Å². The van der Waals surface area contributed by atoms with E-state index >= 15 is 0 Å². The zero-order valence-electron chi connectivity index (χ0n) is 8.65. The van der Waals surface area contributed by atoms with E-state index in [0.29, 0.717) is 0 Å². The van der Waals surface area contributed by atoms with Gasteiger partial charge in [-0.25, -0.2) is 8.78 Å². The van der Waals surface area contributed by atoms with Gasteiger partial charge in [-0.1, -0.05) is 0 Å². The number of rotatable bonds is 2. The van der Waals surface area contributed by atoms with Gasteiger partial charge >= 0.3 is 6.18 Å². The van der Waals surface area contributed by atoms with E-state index in [1.165, 1.54) is 13.0 Å². The molecule has 0 atom stereocenters. The van der Waals surface area contributed by atoms with Crippen molar-refractivity contribution in [3.8, 4) is 6.07 Å². The second-order valence-corrected chi connectivity index (χ2v) is 3.31. The summed E-state index contributed by atoms with van der Waals surface area (Å²) in [4.78, 5) is 3.11. The van der Waals surface area contributed by atoms with Crippen molar-refractivity contribution in [2.45, 2.75) is 25.9 Å². The summed E-state index contributed by atoms with van der Waals surface area (Å²) in [5, 5.41) is 8.44. The standard InChI is InChI=1S/C10H7F5N2/c1-5-4-17-8(9(11)12)7(10(13,14)15)6(5)2-3-16/h4,9H,2H2,1H3. The van der Waals surface area contributed by atoms with Crippen molar-refractivity contribution >= 4 is 0 Å². The molecule has 0 unspecified atom stereocenters. The first-order valence-electron chi connectivity index (χ1n) is 4.49. The molecule has 0 aromatic carbocycles. The van der Waals surface area contributed by atoms with Crippen molar-refractivity contribution < 1.29 is 22.0 Å². The highest BCUT2D eigenvalue weighted by Gasteiger charge is 2.39. The van der Waals surface area contributed by atoms with Crippen LogP contribution in [-0.2, 0) is 12.6 Å². The van der Waals surface area contributed by atoms with Crippen LogP contribution in [0.15, 0.2) is 6.20 Å². The Labute approximate surface area is 93.7 Å². The van der Waals surface area contributed by atoms with Crippen LogP contribution in [0, 0.1) is 18.3 Å². The summed E-state index contributed by atoms with van der Waals surface area (Å²) >= 11 is 0. The van der Waals surface area contributed by atoms with E-state index < -0.39 is 35.8 Å². The number of hydrogen-bond acceptors (Lipinski definition) is 2. The van der Waals surface area contributed by atoms with E-state index in [2.05, 4.69) is 4.98 Å². The van der Waals surface area contributed by atoms with E-state index in [1.807, 2.05) is 0 Å². The molecular weight excluding hydrogens is 243 g/mol. The van der Waals surface area contributed by atoms with Gasteiger partial charge in [-0.15, -0.1) is 0 Å². The first-order valence-corrected chi connectivity index (χ1v) is 4.49. The summed E-state index contributed by atoms with van der Waals surface area (Å²) in [7, 11) is 0. The van der Waals surface area contributed by atoms with Gasteiger partial charge in [-0.3, -0.25) is 4.98 Å². The van der Waals surface area contributed by atoms with Crippen LogP contribution in [0.3, 0.4) is 0 Å². The maximum atomic E-state index is 12.7. The molecule has 0 aliphatic rings. The summed E-state index contributed by atoms with van der Waals surface area (Å²) in [6.07, 6.45) is -7.94. The summed E-state index contributed by atoms with van der Waals surface area (Å²) in [6, 6.07) is 1.53. The minimum absolute atomic E-state index is 0.0725. The lowest BCUT2D eigenvalue weighted by atomic mass is 9.99. The van der Waals surface area contributed by atoms with E-state index in [-0.39, 0.29) is 5.56 Å². The molecule has 2 nitrogen and oxygen atoms in total. The van der Waals surface area contributed by atoms with Crippen molar-refractivity contribution in [2.75, 3.05) is 0 Å². The summed E-state index contributed by atoms with van der Waals surface area (Å²) in [5.41, 5.74) is -3.18. The molecular formula is C10H7F5N2. The SMILES string of the molecule is Cc1cnc(C(F)F)c(C(F)(F)F)c1CC#N. The molecule has 0 spiro atoms. The molecule has 0 radical (unpaired) electrons. The third kappa shape index (κ3) is 2.70. The zero-order chi connectivity index (χ0) is 13.2. The molecule has 1 heterocycles. The van der Waals surface area contributed by atoms with Gasteiger partial charge in [0.1, 0.15) is 5.69 Å². The van der Waals surface area contributed by atoms with Gasteiger partial charge in [0.05, 0.1) is 18.1 Å². The monoisotopic (exact) mass is 250 g/mol. The van der Waals surface area contributed by atoms with Crippen molar-refractivity contribution in [2.24, 2.45) is 0 Å². The van der Waals surface area contributed by atoms with Crippen LogP contribution < -0.4 is 0 Å². The lowest BCUT2D eigenvalue weighted by Gasteiger charge is -2.16. The van der Waals surface area contributed by atoms with Gasteiger partial charge in [0.15, 0.2) is 0 Å². The fraction of sp³-hybridized carbons (Fsp3) is 0.400. The third-order valence-corrected chi connectivity index (χ3v) is 2.18. The van der Waals surface area contributed by atoms with Crippen LogP contribution in [-0.4, -0.2) is 4.98 Å². The van der Waals surface area contributed by atoms with Crippen molar-refractivity contribution in [3.05, 3.63) is 28.6 Å². The molecule has 1 aromatic rings. The molecule has 0 saturated heterocycles. The topological polar surface area (TPSA) is 36.7 Å². The Morgan fingerprint density at radius 2 is 2.00 bits per heavy atom. The number of halogens is 5. The third-order valence-electron chi connectivity index (χ3n) is 2.18. The molecule has 92 valence electrons. The Bertz CT molecular complexity index is 459. The van der Waals surface area contributed by atoms with Crippen molar-refractivity contribution in [3.63, 3.8) is 0 Å². The first-order chi connectivity index (χ1) is 7.79. The Kier molecular flexibility index (Phi) is 3.66. The fourth-order valence-electron chi connectivity index (χ4n) is 1.45. The number of pyridine rings is 1. The second kappa shape index (κ2) is 4.65. The maximum Gasteiger partial charge on any atom is 0.418 e. The summed E-state index contributed by atoms with van der Waals surface area (Å²) in [5.74, 6) is 0. The van der Waals surface area contributed by atoms with Crippen LogP contribution >= 0.6 is 0 Å². The normalized spacial score (nSPS) is 11.6. The average molecular weight is 250 g/mol. The average Bonchev–Trinajstić information content (AvgIpc) is 2.18. The number of aromatic nitrogens is 1. The second-order valence-electron chi connectivity index (χ2n) is 3.31. The number of hydrogen-bond donors (Lipinski definition) is 0. The molecule has 0 aliphatic carbocycles. The van der Waals surface area contributed by atoms with Gasteiger partial charge in [0.25, 0.3) is 6.43 Å². The molecule has 0 aliphatic heterocycles. The molecule has 17 heavy (non-hydrogen) atoms. The number of nitriles is 1. The highest BCUT2D eigenvalue weighted by Crippen LogP contribution is 2.38. The Hall–Kier alpha value is -1.71. The molecule has 0 fully saturated rings. The van der Waals surface area contributed by atoms with Crippen LogP contribution in [0.2, 0.25) is 0 Å². The molecule has 0 bridgehead atoms. The van der Waals surface area contributed by atoms with Crippen molar-refractivity contribution in [1.29, 1.82) is 5.26 Å². The van der Waals surface area contributed by atoms with E-state index in [1.54, 1.807) is 0 Å². The van der Waals surface area contributed by atoms with Crippen LogP contribution in [0.25, 0.3) is 0 Å². The highest BCUT2D eigenvalue weighted by molar-refractivity contribution is 5.40. The molecule has 0 amide bonds. The molecule has 7 heteroatoms. The van der Waals surface area contributed by atoms with E-state index in [9.17, 15) is 22.0 Å². The van der Waals surface area contributed by atoms with Gasteiger partial charge in [-0.2, -0.15) is 18.4 Å². The Morgan fingerprint density at radius 1 is 1.41 bits per heavy atom. The Morgan fingerprint density at radius 3 is 2.41 bits per heavy atom. The predicted octanol–water partition coefficient (Wildman–Crippen LogP) is 3.41. The smallest absolute Gasteiger partial charge is 0.254 e. The van der Waals surface area contributed by atoms with Gasteiger partial charge in [0, 0.05) is 6.20 Å². The predicted molar refractivity (Wildman–Crippen MR) is 48.3 cm³/mol. The molecule has 1 rings (SSSR count). The Balaban J connectivity index is 3.57. The van der Waals surface area contributed by atoms with E-state index in [4.69, 9.17) is 5.26 Å². The number of nitrogens with zero attached hydrogens (tertiary/aromatic N) is 2. The van der Waals surface area contributed by atoms with Gasteiger partial charge in [-0.05, 0) is 18.1 Å². The summed E-state index contributed by atoms with van der Waals surface area (Å²) in [6.45, 7) is 1.30. The largest absolute Gasteiger partial charge is 0.418 e. The first kappa shape index (κ1) is 13.4. The lowest BCUT2D eigenvalue weighted by Crippen LogP contribution is -2.16. The minimum atomic E-state index is -4.95. The number of aryl methyl sites for hydroxylation is 1. The maximum absolute atomic E-state index is 12.7. The quantitative estimate of drug-likeness (QED) is 0.754. The highest BCUT2D eigenvalue weighted by atomic mass is 19.4. The number of alkyl halides is 5. The fourth-order valence-corrected chi connectivity index (χ4v) is 1.45. The minimum Gasteiger partial charge on any atom is -0.254 e. The van der Waals surface area contributed by atoms with Gasteiger partial charge < -0.3 is 0 Å².